The number of para-hydroxylation sites is 1. The zero-order valence-corrected chi connectivity index (χ0v) is 17.4. The van der Waals surface area contributed by atoms with Crippen LogP contribution in [0.1, 0.15) is 20.3 Å². The summed E-state index contributed by atoms with van der Waals surface area (Å²) in [5, 5.41) is 4.90. The number of fused-ring (bicyclic) bond motifs is 3. The highest BCUT2D eigenvalue weighted by Gasteiger charge is 2.46. The van der Waals surface area contributed by atoms with Gasteiger partial charge in [0.15, 0.2) is 5.65 Å². The first-order chi connectivity index (χ1) is 14.5. The molecule has 8 heteroatoms. The number of carbonyl (C=O) groups is 1. The molecule has 1 aromatic carbocycles. The molecule has 0 saturated carbocycles. The van der Waals surface area contributed by atoms with Crippen molar-refractivity contribution < 1.29 is 14.3 Å². The Morgan fingerprint density at radius 1 is 1.13 bits per heavy atom. The lowest BCUT2D eigenvalue weighted by atomic mass is 10.1. The number of likely N-dealkylation sites (tertiary alicyclic amines) is 1. The van der Waals surface area contributed by atoms with E-state index in [4.69, 9.17) is 14.6 Å². The maximum absolute atomic E-state index is 12.3. The Labute approximate surface area is 175 Å². The highest BCUT2D eigenvalue weighted by Crippen LogP contribution is 2.35. The van der Waals surface area contributed by atoms with Crippen LogP contribution in [0.5, 0.6) is 5.75 Å². The number of nitrogens with zero attached hydrogens (tertiary/aromatic N) is 5. The second kappa shape index (κ2) is 7.19. The summed E-state index contributed by atoms with van der Waals surface area (Å²) in [5.74, 6) is 1.67. The highest BCUT2D eigenvalue weighted by molar-refractivity contribution is 5.71. The average molecular weight is 407 g/mol. The number of hydrogen-bond acceptors (Lipinski definition) is 6. The Morgan fingerprint density at radius 3 is 2.70 bits per heavy atom. The van der Waals surface area contributed by atoms with E-state index in [2.05, 4.69) is 9.88 Å². The molecule has 30 heavy (non-hydrogen) atoms. The molecule has 2 atom stereocenters. The van der Waals surface area contributed by atoms with E-state index in [0.717, 1.165) is 41.4 Å². The van der Waals surface area contributed by atoms with E-state index in [9.17, 15) is 4.79 Å². The van der Waals surface area contributed by atoms with Crippen molar-refractivity contribution >= 4 is 17.6 Å². The van der Waals surface area contributed by atoms with Gasteiger partial charge in [0.2, 0.25) is 0 Å². The summed E-state index contributed by atoms with van der Waals surface area (Å²) in [6.45, 7) is 5.18. The summed E-state index contributed by atoms with van der Waals surface area (Å²) in [6, 6.07) is 12.3. The molecule has 0 radical (unpaired) electrons. The number of hydrogen-bond donors (Lipinski definition) is 0. The lowest BCUT2D eigenvalue weighted by molar-refractivity contribution is 0.0713. The van der Waals surface area contributed by atoms with E-state index in [1.165, 1.54) is 0 Å². The number of piperazine rings is 1. The van der Waals surface area contributed by atoms with E-state index in [1.54, 1.807) is 7.11 Å². The number of methoxy groups -OCH3 is 1. The molecule has 156 valence electrons. The molecule has 2 fully saturated rings. The Bertz CT molecular complexity index is 1100. The number of ether oxygens (including phenoxy) is 2. The van der Waals surface area contributed by atoms with Crippen molar-refractivity contribution in [2.75, 3.05) is 25.1 Å². The van der Waals surface area contributed by atoms with E-state index in [1.807, 2.05) is 65.9 Å². The minimum absolute atomic E-state index is 0.105. The quantitative estimate of drug-likeness (QED) is 0.661. The number of amides is 1. The fourth-order valence-electron chi connectivity index (χ4n) is 4.50. The first kappa shape index (κ1) is 18.7. The van der Waals surface area contributed by atoms with Crippen LogP contribution in [0.2, 0.25) is 0 Å². The van der Waals surface area contributed by atoms with Gasteiger partial charge in [0.05, 0.1) is 37.2 Å². The molecule has 2 aliphatic heterocycles. The number of imidazole rings is 1. The minimum Gasteiger partial charge on any atom is -0.496 e. The van der Waals surface area contributed by atoms with Crippen LogP contribution in [-0.4, -0.2) is 64.0 Å². The SMILES string of the molecule is COc1ccccc1-c1cnc2ccc(N3C[C@H]4C[C@@H]3CN4C(=O)OC(C)C)nn12. The molecule has 4 heterocycles. The van der Waals surface area contributed by atoms with Crippen LogP contribution in [-0.2, 0) is 4.74 Å². The second-order valence-corrected chi connectivity index (χ2v) is 8.09. The van der Waals surface area contributed by atoms with Gasteiger partial charge >= 0.3 is 6.09 Å². The first-order valence-corrected chi connectivity index (χ1v) is 10.3. The van der Waals surface area contributed by atoms with E-state index in [-0.39, 0.29) is 24.3 Å². The van der Waals surface area contributed by atoms with Crippen molar-refractivity contribution in [3.05, 3.63) is 42.6 Å². The number of carbonyl (C=O) groups excluding carboxylic acids is 1. The molecule has 3 aromatic rings. The zero-order valence-electron chi connectivity index (χ0n) is 17.4. The molecule has 0 aliphatic carbocycles. The maximum Gasteiger partial charge on any atom is 0.410 e. The summed E-state index contributed by atoms with van der Waals surface area (Å²) < 4.78 is 12.8. The number of rotatable bonds is 4. The van der Waals surface area contributed by atoms with Gasteiger partial charge in [-0.15, -0.1) is 5.10 Å². The molecule has 0 spiro atoms. The molecule has 2 saturated heterocycles. The van der Waals surface area contributed by atoms with Gasteiger partial charge in [-0.2, -0.15) is 0 Å². The highest BCUT2D eigenvalue weighted by atomic mass is 16.6. The van der Waals surface area contributed by atoms with Crippen LogP contribution in [0.25, 0.3) is 16.9 Å². The molecule has 0 unspecified atom stereocenters. The number of anilines is 1. The topological polar surface area (TPSA) is 72.2 Å². The Kier molecular flexibility index (Phi) is 4.49. The van der Waals surface area contributed by atoms with Crippen molar-refractivity contribution in [2.45, 2.75) is 38.5 Å². The maximum atomic E-state index is 12.3. The molecular formula is C22H25N5O3. The average Bonchev–Trinajstić information content (AvgIpc) is 3.46. The van der Waals surface area contributed by atoms with Gasteiger partial charge in [0.25, 0.3) is 0 Å². The van der Waals surface area contributed by atoms with Crippen LogP contribution in [0.4, 0.5) is 10.6 Å². The van der Waals surface area contributed by atoms with Crippen LogP contribution < -0.4 is 9.64 Å². The molecule has 2 bridgehead atoms. The summed E-state index contributed by atoms with van der Waals surface area (Å²) in [4.78, 5) is 21.0. The van der Waals surface area contributed by atoms with Crippen molar-refractivity contribution in [3.63, 3.8) is 0 Å². The zero-order chi connectivity index (χ0) is 20.8. The standard InChI is InChI=1S/C22H25N5O3/c1-14(2)30-22(28)26-13-15-10-16(26)12-25(15)21-9-8-20-23-11-18(27(20)24-21)17-6-4-5-7-19(17)29-3/h4-9,11,14-16H,10,12-13H2,1-3H3/t15-,16-/m1/s1. The first-order valence-electron chi connectivity index (χ1n) is 10.3. The van der Waals surface area contributed by atoms with E-state index >= 15 is 0 Å². The van der Waals surface area contributed by atoms with Crippen LogP contribution >= 0.6 is 0 Å². The smallest absolute Gasteiger partial charge is 0.410 e. The molecule has 0 N–H and O–H groups in total. The summed E-state index contributed by atoms with van der Waals surface area (Å²) in [5.41, 5.74) is 2.62. The van der Waals surface area contributed by atoms with E-state index < -0.39 is 0 Å². The largest absolute Gasteiger partial charge is 0.496 e. The van der Waals surface area contributed by atoms with Gasteiger partial charge in [-0.25, -0.2) is 14.3 Å². The van der Waals surface area contributed by atoms with Crippen molar-refractivity contribution in [1.29, 1.82) is 0 Å². The predicted molar refractivity (Wildman–Crippen MR) is 113 cm³/mol. The molecule has 1 amide bonds. The molecule has 2 aromatic heterocycles. The monoisotopic (exact) mass is 407 g/mol. The fourth-order valence-corrected chi connectivity index (χ4v) is 4.50. The van der Waals surface area contributed by atoms with Gasteiger partial charge in [-0.3, -0.25) is 0 Å². The summed E-state index contributed by atoms with van der Waals surface area (Å²) in [7, 11) is 1.66. The van der Waals surface area contributed by atoms with Crippen molar-refractivity contribution in [3.8, 4) is 17.0 Å². The number of aromatic nitrogens is 3. The van der Waals surface area contributed by atoms with E-state index in [0.29, 0.717) is 6.54 Å². The van der Waals surface area contributed by atoms with Crippen LogP contribution in [0.15, 0.2) is 42.6 Å². The van der Waals surface area contributed by atoms with Gasteiger partial charge in [0, 0.05) is 18.7 Å². The molecule has 5 rings (SSSR count). The Balaban J connectivity index is 1.43. The third kappa shape index (κ3) is 3.03. The molecule has 8 nitrogen and oxygen atoms in total. The molecule has 2 aliphatic rings. The summed E-state index contributed by atoms with van der Waals surface area (Å²) >= 11 is 0. The summed E-state index contributed by atoms with van der Waals surface area (Å²) in [6.07, 6.45) is 2.44. The van der Waals surface area contributed by atoms with Gasteiger partial charge in [-0.1, -0.05) is 12.1 Å². The molecular weight excluding hydrogens is 382 g/mol. The Morgan fingerprint density at radius 2 is 1.97 bits per heavy atom. The van der Waals surface area contributed by atoms with Crippen molar-refractivity contribution in [1.82, 2.24) is 19.5 Å². The number of benzene rings is 1. The lowest BCUT2D eigenvalue weighted by Gasteiger charge is -2.34. The second-order valence-electron chi connectivity index (χ2n) is 8.09. The third-order valence-corrected chi connectivity index (χ3v) is 5.84. The van der Waals surface area contributed by atoms with Gasteiger partial charge in [0.1, 0.15) is 11.6 Å². The Hall–Kier alpha value is -3.29. The van der Waals surface area contributed by atoms with Crippen LogP contribution in [0, 0.1) is 0 Å². The van der Waals surface area contributed by atoms with Crippen molar-refractivity contribution in [2.24, 2.45) is 0 Å². The minimum atomic E-state index is -0.214. The predicted octanol–water partition coefficient (Wildman–Crippen LogP) is 3.21. The fraction of sp³-hybridized carbons (Fsp3) is 0.409. The van der Waals surface area contributed by atoms with Gasteiger partial charge < -0.3 is 19.3 Å². The third-order valence-electron chi connectivity index (χ3n) is 5.84. The lowest BCUT2D eigenvalue weighted by Crippen LogP contribution is -2.49. The normalized spacial score (nSPS) is 20.4. The van der Waals surface area contributed by atoms with Gasteiger partial charge in [-0.05, 0) is 44.5 Å². The van der Waals surface area contributed by atoms with Crippen LogP contribution in [0.3, 0.4) is 0 Å².